The molecule has 0 radical (unpaired) electrons. The molecular formula is C34H18N2. The highest BCUT2D eigenvalue weighted by atomic mass is 14.3. The van der Waals surface area contributed by atoms with Crippen LogP contribution in [0.4, 0.5) is 0 Å². The van der Waals surface area contributed by atoms with Crippen molar-refractivity contribution in [3.8, 4) is 56.6 Å². The monoisotopic (exact) mass is 454 g/mol. The Balaban J connectivity index is 1.79. The minimum atomic E-state index is 0.651. The maximum atomic E-state index is 10.0. The topological polar surface area (TPSA) is 47.6 Å². The van der Waals surface area contributed by atoms with Crippen LogP contribution in [0, 0.1) is 22.7 Å². The van der Waals surface area contributed by atoms with Crippen molar-refractivity contribution in [3.05, 3.63) is 120 Å². The fourth-order valence-corrected chi connectivity index (χ4v) is 5.89. The molecule has 1 aliphatic rings. The van der Waals surface area contributed by atoms with Gasteiger partial charge in [0.2, 0.25) is 0 Å². The first kappa shape index (κ1) is 20.2. The number of nitrogens with zero attached hydrogens (tertiary/aromatic N) is 2. The van der Waals surface area contributed by atoms with Crippen molar-refractivity contribution in [1.82, 2.24) is 0 Å². The molecule has 0 aliphatic heterocycles. The first-order valence-corrected chi connectivity index (χ1v) is 11.9. The molecule has 7 rings (SSSR count). The normalized spacial score (nSPS) is 11.3. The summed E-state index contributed by atoms with van der Waals surface area (Å²) >= 11 is 0. The van der Waals surface area contributed by atoms with Gasteiger partial charge in [0.25, 0.3) is 0 Å². The van der Waals surface area contributed by atoms with E-state index in [1.807, 2.05) is 48.5 Å². The molecular weight excluding hydrogens is 436 g/mol. The van der Waals surface area contributed by atoms with Crippen LogP contribution in [0.3, 0.4) is 0 Å². The summed E-state index contributed by atoms with van der Waals surface area (Å²) in [7, 11) is 0. The van der Waals surface area contributed by atoms with Crippen molar-refractivity contribution in [3.63, 3.8) is 0 Å². The average Bonchev–Trinajstić information content (AvgIpc) is 3.27. The Labute approximate surface area is 208 Å². The third-order valence-corrected chi connectivity index (χ3v) is 7.29. The van der Waals surface area contributed by atoms with Crippen molar-refractivity contribution in [2.75, 3.05) is 0 Å². The Morgan fingerprint density at radius 3 is 1.28 bits per heavy atom. The van der Waals surface area contributed by atoms with E-state index in [1.54, 1.807) is 0 Å². The van der Waals surface area contributed by atoms with E-state index in [4.69, 9.17) is 0 Å². The number of benzene rings is 6. The second-order valence-electron chi connectivity index (χ2n) is 9.07. The van der Waals surface area contributed by atoms with Crippen molar-refractivity contribution in [1.29, 1.82) is 10.5 Å². The van der Waals surface area contributed by atoms with Gasteiger partial charge in [-0.3, -0.25) is 0 Å². The number of fused-ring (bicyclic) bond motifs is 4. The predicted molar refractivity (Wildman–Crippen MR) is 146 cm³/mol. The maximum Gasteiger partial charge on any atom is 0.0998 e. The summed E-state index contributed by atoms with van der Waals surface area (Å²) < 4.78 is 0. The Morgan fingerprint density at radius 1 is 0.389 bits per heavy atom. The third kappa shape index (κ3) is 2.65. The Morgan fingerprint density at radius 2 is 0.806 bits per heavy atom. The molecule has 0 unspecified atom stereocenters. The van der Waals surface area contributed by atoms with Gasteiger partial charge >= 0.3 is 0 Å². The van der Waals surface area contributed by atoms with E-state index in [-0.39, 0.29) is 0 Å². The molecule has 36 heavy (non-hydrogen) atoms. The molecule has 164 valence electrons. The molecule has 0 saturated heterocycles. The molecule has 0 saturated carbocycles. The van der Waals surface area contributed by atoms with Gasteiger partial charge in [-0.2, -0.15) is 10.5 Å². The second-order valence-corrected chi connectivity index (χ2v) is 9.07. The van der Waals surface area contributed by atoms with Gasteiger partial charge in [0.1, 0.15) is 0 Å². The molecule has 0 atom stereocenters. The first-order valence-electron chi connectivity index (χ1n) is 11.9. The van der Waals surface area contributed by atoms with Crippen LogP contribution in [0.25, 0.3) is 66.1 Å². The minimum Gasteiger partial charge on any atom is -0.192 e. The fraction of sp³-hybridized carbons (Fsp3) is 0. The molecule has 0 bridgehead atoms. The number of hydrogen-bond acceptors (Lipinski definition) is 2. The lowest BCUT2D eigenvalue weighted by molar-refractivity contribution is 1.48. The lowest BCUT2D eigenvalue weighted by Crippen LogP contribution is -1.96. The minimum absolute atomic E-state index is 0.651. The largest absolute Gasteiger partial charge is 0.192 e. The van der Waals surface area contributed by atoms with Gasteiger partial charge in [-0.1, -0.05) is 97.1 Å². The summed E-state index contributed by atoms with van der Waals surface area (Å²) in [5.41, 5.74) is 9.90. The highest BCUT2D eigenvalue weighted by Crippen LogP contribution is 2.58. The van der Waals surface area contributed by atoms with Crippen LogP contribution in [0.5, 0.6) is 0 Å². The zero-order chi connectivity index (χ0) is 24.2. The van der Waals surface area contributed by atoms with Crippen LogP contribution in [0.1, 0.15) is 11.1 Å². The maximum absolute atomic E-state index is 10.0. The summed E-state index contributed by atoms with van der Waals surface area (Å²) in [5.74, 6) is 0. The zero-order valence-corrected chi connectivity index (χ0v) is 19.3. The average molecular weight is 455 g/mol. The molecule has 1 aliphatic carbocycles. The van der Waals surface area contributed by atoms with Crippen LogP contribution in [-0.2, 0) is 0 Å². The first-order chi connectivity index (χ1) is 17.8. The summed E-state index contributed by atoms with van der Waals surface area (Å²) in [6.45, 7) is 0. The number of hydrogen-bond donors (Lipinski definition) is 0. The van der Waals surface area contributed by atoms with Gasteiger partial charge in [-0.05, 0) is 67.1 Å². The lowest BCUT2D eigenvalue weighted by Gasteiger charge is -2.21. The Bertz CT molecular complexity index is 1830. The lowest BCUT2D eigenvalue weighted by atomic mass is 9.81. The molecule has 0 spiro atoms. The predicted octanol–water partition coefficient (Wildman–Crippen LogP) is 8.72. The van der Waals surface area contributed by atoms with E-state index in [0.717, 1.165) is 44.2 Å². The van der Waals surface area contributed by atoms with Crippen LogP contribution >= 0.6 is 0 Å². The number of nitriles is 2. The van der Waals surface area contributed by atoms with E-state index in [9.17, 15) is 10.5 Å². The second kappa shape index (κ2) is 7.67. The molecule has 2 heteroatoms. The summed E-state index contributed by atoms with van der Waals surface area (Å²) in [6.07, 6.45) is 0. The van der Waals surface area contributed by atoms with Gasteiger partial charge in [-0.15, -0.1) is 0 Å². The smallest absolute Gasteiger partial charge is 0.0998 e. The summed E-state index contributed by atoms with van der Waals surface area (Å²) in [4.78, 5) is 0. The number of rotatable bonds is 2. The van der Waals surface area contributed by atoms with Gasteiger partial charge in [0.05, 0.1) is 23.3 Å². The SMILES string of the molecule is N#Cc1ccccc1-c1c2c(c(-c3ccccc3C#N)c3ccccc13)-c1cccc3cccc-2c13. The Kier molecular flexibility index (Phi) is 4.31. The zero-order valence-electron chi connectivity index (χ0n) is 19.3. The fourth-order valence-electron chi connectivity index (χ4n) is 5.89. The molecule has 6 aromatic rings. The molecule has 0 aromatic heterocycles. The highest BCUT2D eigenvalue weighted by molar-refractivity contribution is 6.27. The summed E-state index contributed by atoms with van der Waals surface area (Å²) in [5, 5.41) is 24.6. The van der Waals surface area contributed by atoms with Crippen molar-refractivity contribution in [2.45, 2.75) is 0 Å². The van der Waals surface area contributed by atoms with Gasteiger partial charge in [0.15, 0.2) is 0 Å². The molecule has 6 aromatic carbocycles. The van der Waals surface area contributed by atoms with Crippen molar-refractivity contribution in [2.24, 2.45) is 0 Å². The Hall–Kier alpha value is -5.18. The standard InChI is InChI=1S/C34H18N2/c35-19-22-9-1-3-13-24(22)31-26-15-5-6-16-27(26)32(25-14-4-2-10-23(25)20-36)34-29-18-8-12-21-11-7-17-28(30(21)29)33(31)34/h1-18H. The quantitative estimate of drug-likeness (QED) is 0.262. The van der Waals surface area contributed by atoms with Crippen molar-refractivity contribution >= 4 is 21.5 Å². The van der Waals surface area contributed by atoms with E-state index < -0.39 is 0 Å². The van der Waals surface area contributed by atoms with E-state index >= 15 is 0 Å². The summed E-state index contributed by atoms with van der Waals surface area (Å²) in [6, 6.07) is 41.8. The van der Waals surface area contributed by atoms with E-state index in [0.29, 0.717) is 11.1 Å². The van der Waals surface area contributed by atoms with Crippen LogP contribution in [0.15, 0.2) is 109 Å². The third-order valence-electron chi connectivity index (χ3n) is 7.29. The molecule has 0 heterocycles. The van der Waals surface area contributed by atoms with Gasteiger partial charge in [-0.25, -0.2) is 0 Å². The molecule has 2 nitrogen and oxygen atoms in total. The van der Waals surface area contributed by atoms with Gasteiger partial charge < -0.3 is 0 Å². The molecule has 0 N–H and O–H groups in total. The van der Waals surface area contributed by atoms with Crippen LogP contribution < -0.4 is 0 Å². The molecule has 0 fully saturated rings. The van der Waals surface area contributed by atoms with Crippen LogP contribution in [-0.4, -0.2) is 0 Å². The highest BCUT2D eigenvalue weighted by Gasteiger charge is 2.31. The van der Waals surface area contributed by atoms with Crippen molar-refractivity contribution < 1.29 is 0 Å². The van der Waals surface area contributed by atoms with E-state index in [2.05, 4.69) is 72.8 Å². The van der Waals surface area contributed by atoms with Gasteiger partial charge in [0, 0.05) is 11.1 Å². The molecule has 0 amide bonds. The van der Waals surface area contributed by atoms with E-state index in [1.165, 1.54) is 21.9 Å². The van der Waals surface area contributed by atoms with Crippen LogP contribution in [0.2, 0.25) is 0 Å².